The number of amides is 1. The zero-order valence-electron chi connectivity index (χ0n) is 16.6. The van der Waals surface area contributed by atoms with Gasteiger partial charge in [0.25, 0.3) is 0 Å². The highest BCUT2D eigenvalue weighted by Crippen LogP contribution is 2.23. The van der Waals surface area contributed by atoms with E-state index in [1.165, 1.54) is 11.1 Å². The molecular weight excluding hydrogens is 334 g/mol. The number of hydrogen-bond acceptors (Lipinski definition) is 3. The smallest absolute Gasteiger partial charge is 0.241 e. The molecule has 0 unspecified atom stereocenters. The van der Waals surface area contributed by atoms with Crippen LogP contribution in [0.4, 0.5) is 5.69 Å². The average molecular weight is 364 g/mol. The molecule has 4 nitrogen and oxygen atoms in total. The standard InChI is InChI=1S/C23H29N3O/c1-5-8-18-11-13-19(14-12-18)22(16(2)3)25-17(4)23(27)26-21-10-7-6-9-20(21)15-24/h6-7,9-14,16-17,22,25H,5,8H2,1-4H3,(H,26,27)/t17-,22-/m0/s1. The molecule has 27 heavy (non-hydrogen) atoms. The van der Waals surface area contributed by atoms with Gasteiger partial charge < -0.3 is 5.32 Å². The van der Waals surface area contributed by atoms with Crippen molar-refractivity contribution in [3.63, 3.8) is 0 Å². The molecule has 2 N–H and O–H groups in total. The first kappa shape index (κ1) is 20.7. The van der Waals surface area contributed by atoms with Crippen LogP contribution in [-0.2, 0) is 11.2 Å². The van der Waals surface area contributed by atoms with Crippen molar-refractivity contribution >= 4 is 11.6 Å². The molecule has 0 aliphatic rings. The maximum atomic E-state index is 12.6. The summed E-state index contributed by atoms with van der Waals surface area (Å²) in [5, 5.41) is 15.5. The van der Waals surface area contributed by atoms with Gasteiger partial charge in [0.2, 0.25) is 5.91 Å². The molecule has 0 saturated carbocycles. The molecule has 2 aromatic rings. The second-order valence-electron chi connectivity index (χ2n) is 7.25. The molecule has 2 atom stereocenters. The molecule has 142 valence electrons. The topological polar surface area (TPSA) is 64.9 Å². The number of anilines is 1. The highest BCUT2D eigenvalue weighted by Gasteiger charge is 2.22. The number of rotatable bonds is 8. The number of nitrogens with one attached hydrogen (secondary N) is 2. The van der Waals surface area contributed by atoms with Crippen LogP contribution in [0.25, 0.3) is 0 Å². The van der Waals surface area contributed by atoms with Crippen molar-refractivity contribution in [2.75, 3.05) is 5.32 Å². The maximum absolute atomic E-state index is 12.6. The van der Waals surface area contributed by atoms with Gasteiger partial charge in [-0.1, -0.05) is 63.6 Å². The molecule has 0 aliphatic heterocycles. The fourth-order valence-electron chi connectivity index (χ4n) is 3.13. The van der Waals surface area contributed by atoms with Crippen molar-refractivity contribution in [2.24, 2.45) is 5.92 Å². The lowest BCUT2D eigenvalue weighted by molar-refractivity contribution is -0.118. The first-order valence-electron chi connectivity index (χ1n) is 9.61. The Morgan fingerprint density at radius 1 is 1.07 bits per heavy atom. The van der Waals surface area contributed by atoms with Gasteiger partial charge in [0.15, 0.2) is 0 Å². The Morgan fingerprint density at radius 2 is 1.74 bits per heavy atom. The van der Waals surface area contributed by atoms with Gasteiger partial charge in [-0.2, -0.15) is 5.26 Å². The third-order valence-corrected chi connectivity index (χ3v) is 4.67. The number of para-hydroxylation sites is 1. The number of aryl methyl sites for hydroxylation is 1. The Kier molecular flexibility index (Phi) is 7.57. The van der Waals surface area contributed by atoms with Crippen molar-refractivity contribution in [1.82, 2.24) is 5.32 Å². The van der Waals surface area contributed by atoms with Crippen LogP contribution in [0.2, 0.25) is 0 Å². The van der Waals surface area contributed by atoms with Gasteiger partial charge in [-0.15, -0.1) is 0 Å². The molecule has 2 rings (SSSR count). The molecule has 2 aromatic carbocycles. The SMILES string of the molecule is CCCc1ccc([C@@H](N[C@@H](C)C(=O)Nc2ccccc2C#N)C(C)C)cc1. The minimum atomic E-state index is -0.389. The molecular formula is C23H29N3O. The number of nitrogens with zero attached hydrogens (tertiary/aromatic N) is 1. The molecule has 4 heteroatoms. The average Bonchev–Trinajstić information content (AvgIpc) is 2.67. The summed E-state index contributed by atoms with van der Waals surface area (Å²) in [6, 6.07) is 17.5. The van der Waals surface area contributed by atoms with Crippen LogP contribution in [-0.4, -0.2) is 11.9 Å². The molecule has 0 aromatic heterocycles. The molecule has 0 heterocycles. The van der Waals surface area contributed by atoms with E-state index in [1.54, 1.807) is 18.2 Å². The number of carbonyl (C=O) groups excluding carboxylic acids is 1. The normalized spacial score (nSPS) is 13.0. The van der Waals surface area contributed by atoms with E-state index in [2.05, 4.69) is 61.7 Å². The molecule has 0 fully saturated rings. The molecule has 0 bridgehead atoms. The molecule has 0 saturated heterocycles. The summed E-state index contributed by atoms with van der Waals surface area (Å²) < 4.78 is 0. The van der Waals surface area contributed by atoms with Gasteiger partial charge in [0.1, 0.15) is 6.07 Å². The quantitative estimate of drug-likeness (QED) is 0.706. The summed E-state index contributed by atoms with van der Waals surface area (Å²) >= 11 is 0. The van der Waals surface area contributed by atoms with Gasteiger partial charge in [-0.05, 0) is 42.5 Å². The van der Waals surface area contributed by atoms with Gasteiger partial charge in [-0.25, -0.2) is 0 Å². The van der Waals surface area contributed by atoms with Crippen LogP contribution in [0.15, 0.2) is 48.5 Å². The number of hydrogen-bond donors (Lipinski definition) is 2. The lowest BCUT2D eigenvalue weighted by Crippen LogP contribution is -2.41. The van der Waals surface area contributed by atoms with Crippen LogP contribution in [0, 0.1) is 17.2 Å². The van der Waals surface area contributed by atoms with E-state index >= 15 is 0 Å². The van der Waals surface area contributed by atoms with Crippen LogP contribution in [0.5, 0.6) is 0 Å². The summed E-state index contributed by atoms with van der Waals surface area (Å²) in [5.41, 5.74) is 3.53. The van der Waals surface area contributed by atoms with E-state index in [4.69, 9.17) is 0 Å². The van der Waals surface area contributed by atoms with Gasteiger partial charge in [0.05, 0.1) is 17.3 Å². The van der Waals surface area contributed by atoms with Crippen molar-refractivity contribution < 1.29 is 4.79 Å². The summed E-state index contributed by atoms with van der Waals surface area (Å²) in [4.78, 5) is 12.6. The number of carbonyl (C=O) groups is 1. The van der Waals surface area contributed by atoms with Crippen molar-refractivity contribution in [1.29, 1.82) is 5.26 Å². The van der Waals surface area contributed by atoms with Gasteiger partial charge in [-0.3, -0.25) is 10.1 Å². The summed E-state index contributed by atoms with van der Waals surface area (Å²) in [5.74, 6) is 0.189. The van der Waals surface area contributed by atoms with E-state index < -0.39 is 0 Å². The lowest BCUT2D eigenvalue weighted by atomic mass is 9.94. The van der Waals surface area contributed by atoms with Crippen LogP contribution in [0.3, 0.4) is 0 Å². The van der Waals surface area contributed by atoms with Crippen molar-refractivity contribution in [2.45, 2.75) is 52.6 Å². The Labute approximate surface area is 162 Å². The molecule has 0 aliphatic carbocycles. The van der Waals surface area contributed by atoms with Crippen molar-refractivity contribution in [3.8, 4) is 6.07 Å². The second kappa shape index (κ2) is 9.89. The Hall–Kier alpha value is -2.64. The van der Waals surface area contributed by atoms with Gasteiger partial charge >= 0.3 is 0 Å². The highest BCUT2D eigenvalue weighted by atomic mass is 16.2. The maximum Gasteiger partial charge on any atom is 0.241 e. The molecule has 1 amide bonds. The van der Waals surface area contributed by atoms with Gasteiger partial charge in [0, 0.05) is 6.04 Å². The monoisotopic (exact) mass is 363 g/mol. The fraction of sp³-hybridized carbons (Fsp3) is 0.391. The largest absolute Gasteiger partial charge is 0.324 e. The third-order valence-electron chi connectivity index (χ3n) is 4.67. The van der Waals surface area contributed by atoms with Crippen LogP contribution in [0.1, 0.15) is 56.8 Å². The fourth-order valence-corrected chi connectivity index (χ4v) is 3.13. The highest BCUT2D eigenvalue weighted by molar-refractivity contribution is 5.95. The number of nitriles is 1. The summed E-state index contributed by atoms with van der Waals surface area (Å²) in [6.45, 7) is 8.32. The van der Waals surface area contributed by atoms with E-state index in [1.807, 2.05) is 13.0 Å². The molecule has 0 radical (unpaired) electrons. The predicted octanol–water partition coefficient (Wildman–Crippen LogP) is 4.82. The minimum Gasteiger partial charge on any atom is -0.324 e. The Morgan fingerprint density at radius 3 is 2.33 bits per heavy atom. The predicted molar refractivity (Wildman–Crippen MR) is 110 cm³/mol. The Balaban J connectivity index is 2.08. The second-order valence-corrected chi connectivity index (χ2v) is 7.25. The van der Waals surface area contributed by atoms with E-state index in [0.29, 0.717) is 17.2 Å². The number of benzene rings is 2. The summed E-state index contributed by atoms with van der Waals surface area (Å²) in [7, 11) is 0. The van der Waals surface area contributed by atoms with Crippen LogP contribution < -0.4 is 10.6 Å². The van der Waals surface area contributed by atoms with Crippen molar-refractivity contribution in [3.05, 3.63) is 65.2 Å². The van der Waals surface area contributed by atoms with E-state index in [-0.39, 0.29) is 18.0 Å². The minimum absolute atomic E-state index is 0.0765. The first-order chi connectivity index (χ1) is 13.0. The first-order valence-corrected chi connectivity index (χ1v) is 9.61. The van der Waals surface area contributed by atoms with E-state index in [9.17, 15) is 10.1 Å². The zero-order valence-corrected chi connectivity index (χ0v) is 16.6. The lowest BCUT2D eigenvalue weighted by Gasteiger charge is -2.27. The molecule has 0 spiro atoms. The Bertz CT molecular complexity index is 790. The summed E-state index contributed by atoms with van der Waals surface area (Å²) in [6.07, 6.45) is 2.21. The third kappa shape index (κ3) is 5.67. The zero-order chi connectivity index (χ0) is 19.8. The van der Waals surface area contributed by atoms with Crippen LogP contribution >= 0.6 is 0 Å². The van der Waals surface area contributed by atoms with E-state index in [0.717, 1.165) is 12.8 Å².